The first-order valence-corrected chi connectivity index (χ1v) is 9.15. The third-order valence-corrected chi connectivity index (χ3v) is 4.68. The van der Waals surface area contributed by atoms with Crippen LogP contribution in [0, 0.1) is 0 Å². The van der Waals surface area contributed by atoms with Gasteiger partial charge in [0.1, 0.15) is 11.3 Å². The molecule has 0 fully saturated rings. The van der Waals surface area contributed by atoms with E-state index in [0.717, 1.165) is 0 Å². The van der Waals surface area contributed by atoms with Crippen molar-refractivity contribution < 1.29 is 19.1 Å². The maximum Gasteiger partial charge on any atom is 0.344 e. The van der Waals surface area contributed by atoms with E-state index < -0.39 is 17.7 Å². The van der Waals surface area contributed by atoms with E-state index in [1.807, 2.05) is 0 Å². The molecule has 29 heavy (non-hydrogen) atoms. The van der Waals surface area contributed by atoms with Gasteiger partial charge in [-0.05, 0) is 41.5 Å². The highest BCUT2D eigenvalue weighted by Crippen LogP contribution is 2.28. The summed E-state index contributed by atoms with van der Waals surface area (Å²) >= 11 is 5.90. The van der Waals surface area contributed by atoms with E-state index in [-0.39, 0.29) is 11.3 Å². The lowest BCUT2D eigenvalue weighted by molar-refractivity contribution is -0.314. The second-order valence-corrected chi connectivity index (χ2v) is 6.82. The maximum absolute atomic E-state index is 12.4. The van der Waals surface area contributed by atoms with Gasteiger partial charge in [0.05, 0.1) is 11.5 Å². The molecule has 0 spiro atoms. The summed E-state index contributed by atoms with van der Waals surface area (Å²) in [5, 5.41) is 12.8. The Balaban J connectivity index is 1.69. The van der Waals surface area contributed by atoms with Gasteiger partial charge in [-0.25, -0.2) is 4.79 Å². The second-order valence-electron chi connectivity index (χ2n) is 6.38. The van der Waals surface area contributed by atoms with Crippen LogP contribution in [0.1, 0.15) is 11.7 Å². The number of carboxylic acid groups (broad SMARTS) is 1. The number of hydrogen-bond acceptors (Lipinski definition) is 5. The summed E-state index contributed by atoms with van der Waals surface area (Å²) in [5.41, 5.74) is 1.31. The van der Waals surface area contributed by atoms with Gasteiger partial charge in [-0.1, -0.05) is 54.1 Å². The van der Waals surface area contributed by atoms with Crippen LogP contribution in [0.25, 0.3) is 22.1 Å². The van der Waals surface area contributed by atoms with Crippen molar-refractivity contribution in [1.82, 2.24) is 0 Å². The van der Waals surface area contributed by atoms with Crippen molar-refractivity contribution in [2.75, 3.05) is 0 Å². The van der Waals surface area contributed by atoms with Crippen LogP contribution in [0.3, 0.4) is 0 Å². The van der Waals surface area contributed by atoms with Crippen molar-refractivity contribution in [1.29, 1.82) is 0 Å². The van der Waals surface area contributed by atoms with E-state index in [0.29, 0.717) is 27.1 Å². The number of rotatable bonds is 5. The van der Waals surface area contributed by atoms with Gasteiger partial charge in [-0.15, -0.1) is 0 Å². The van der Waals surface area contributed by atoms with Gasteiger partial charge in [-0.3, -0.25) is 0 Å². The summed E-state index contributed by atoms with van der Waals surface area (Å²) in [6.45, 7) is 0. The second kappa shape index (κ2) is 7.81. The van der Waals surface area contributed by atoms with E-state index in [1.165, 1.54) is 6.07 Å². The van der Waals surface area contributed by atoms with E-state index in [1.54, 1.807) is 72.8 Å². The van der Waals surface area contributed by atoms with Crippen LogP contribution >= 0.6 is 11.6 Å². The van der Waals surface area contributed by atoms with Gasteiger partial charge < -0.3 is 19.1 Å². The quantitative estimate of drug-likeness (QED) is 0.469. The number of halogens is 1. The summed E-state index contributed by atoms with van der Waals surface area (Å²) in [6.07, 6.45) is -1.28. The Labute approximate surface area is 170 Å². The lowest BCUT2D eigenvalue weighted by Crippen LogP contribution is -2.33. The van der Waals surface area contributed by atoms with Crippen molar-refractivity contribution in [2.45, 2.75) is 6.10 Å². The standard InChI is InChI=1S/C23H15ClO5/c24-17-9-6-14(7-10-17)19-12-16-8-11-18(13-20(16)29-23(19)27)28-21(22(25)26)15-4-2-1-3-5-15/h1-13,21H,(H,25,26)/p-1/t21-/m1/s1. The van der Waals surface area contributed by atoms with Gasteiger partial charge in [0.15, 0.2) is 6.10 Å². The Morgan fingerprint density at radius 2 is 1.69 bits per heavy atom. The Morgan fingerprint density at radius 1 is 0.966 bits per heavy atom. The minimum atomic E-state index is -1.36. The molecule has 1 aromatic heterocycles. The predicted octanol–water partition coefficient (Wildman–Crippen LogP) is 3.98. The molecular weight excluding hydrogens is 392 g/mol. The first-order valence-electron chi connectivity index (χ1n) is 8.77. The third-order valence-electron chi connectivity index (χ3n) is 4.43. The van der Waals surface area contributed by atoms with Crippen LogP contribution in [0.5, 0.6) is 5.75 Å². The number of hydrogen-bond donors (Lipinski definition) is 0. The molecule has 0 radical (unpaired) electrons. The van der Waals surface area contributed by atoms with Crippen LogP contribution in [-0.2, 0) is 4.79 Å². The fourth-order valence-electron chi connectivity index (χ4n) is 3.01. The van der Waals surface area contributed by atoms with Gasteiger partial charge in [0, 0.05) is 16.5 Å². The monoisotopic (exact) mass is 405 g/mol. The molecule has 4 aromatic rings. The van der Waals surface area contributed by atoms with Crippen LogP contribution in [0.2, 0.25) is 5.02 Å². The highest BCUT2D eigenvalue weighted by molar-refractivity contribution is 6.30. The Kier molecular flexibility index (Phi) is 5.06. The molecule has 0 N–H and O–H groups in total. The van der Waals surface area contributed by atoms with E-state index >= 15 is 0 Å². The number of fused-ring (bicyclic) bond motifs is 1. The maximum atomic E-state index is 12.4. The van der Waals surface area contributed by atoms with Gasteiger partial charge in [-0.2, -0.15) is 0 Å². The van der Waals surface area contributed by atoms with Crippen molar-refractivity contribution in [3.05, 3.63) is 99.9 Å². The fraction of sp³-hybridized carbons (Fsp3) is 0.0435. The van der Waals surface area contributed by atoms with Crippen molar-refractivity contribution >= 4 is 28.5 Å². The number of carbonyl (C=O) groups is 1. The zero-order valence-corrected chi connectivity index (χ0v) is 15.8. The zero-order chi connectivity index (χ0) is 20.4. The number of ether oxygens (including phenoxy) is 1. The lowest BCUT2D eigenvalue weighted by atomic mass is 10.1. The number of aliphatic carboxylic acids is 1. The molecule has 0 unspecified atom stereocenters. The summed E-state index contributed by atoms with van der Waals surface area (Å²) in [6, 6.07) is 21.9. The zero-order valence-electron chi connectivity index (χ0n) is 15.0. The molecule has 5 nitrogen and oxygen atoms in total. The molecule has 1 heterocycles. The van der Waals surface area contributed by atoms with Crippen LogP contribution in [0.15, 0.2) is 88.1 Å². The number of carboxylic acids is 1. The molecule has 0 saturated carbocycles. The largest absolute Gasteiger partial charge is 0.546 e. The molecule has 0 aliphatic heterocycles. The molecule has 0 bridgehead atoms. The molecule has 0 aliphatic rings. The molecule has 144 valence electrons. The molecule has 4 rings (SSSR count). The molecule has 0 saturated heterocycles. The van der Waals surface area contributed by atoms with Crippen molar-refractivity contribution in [2.24, 2.45) is 0 Å². The topological polar surface area (TPSA) is 79.6 Å². The van der Waals surface area contributed by atoms with Crippen molar-refractivity contribution in [3.63, 3.8) is 0 Å². The molecule has 1 atom stereocenters. The summed E-state index contributed by atoms with van der Waals surface area (Å²) in [7, 11) is 0. The normalized spacial score (nSPS) is 11.9. The van der Waals surface area contributed by atoms with E-state index in [9.17, 15) is 14.7 Å². The highest BCUT2D eigenvalue weighted by atomic mass is 35.5. The molecule has 6 heteroatoms. The number of carbonyl (C=O) groups excluding carboxylic acids is 1. The first-order chi connectivity index (χ1) is 14.0. The van der Waals surface area contributed by atoms with Crippen LogP contribution < -0.4 is 15.5 Å². The minimum absolute atomic E-state index is 0.248. The molecule has 0 aliphatic carbocycles. The van der Waals surface area contributed by atoms with Gasteiger partial charge in [0.25, 0.3) is 0 Å². The third kappa shape index (κ3) is 4.00. The Hall–Kier alpha value is -3.57. The average Bonchev–Trinajstić information content (AvgIpc) is 2.72. The van der Waals surface area contributed by atoms with Crippen molar-refractivity contribution in [3.8, 4) is 16.9 Å². The molecule has 0 amide bonds. The van der Waals surface area contributed by atoms with Gasteiger partial charge in [0.2, 0.25) is 0 Å². The summed E-state index contributed by atoms with van der Waals surface area (Å²) in [4.78, 5) is 24.0. The van der Waals surface area contributed by atoms with Crippen LogP contribution in [-0.4, -0.2) is 5.97 Å². The van der Waals surface area contributed by atoms with Crippen LogP contribution in [0.4, 0.5) is 0 Å². The minimum Gasteiger partial charge on any atom is -0.546 e. The smallest absolute Gasteiger partial charge is 0.344 e. The fourth-order valence-corrected chi connectivity index (χ4v) is 3.14. The summed E-state index contributed by atoms with van der Waals surface area (Å²) < 4.78 is 11.0. The van der Waals surface area contributed by atoms with Gasteiger partial charge >= 0.3 is 5.63 Å². The highest BCUT2D eigenvalue weighted by Gasteiger charge is 2.16. The van der Waals surface area contributed by atoms with E-state index in [4.69, 9.17) is 20.8 Å². The van der Waals surface area contributed by atoms with E-state index in [2.05, 4.69) is 0 Å². The molecule has 3 aromatic carbocycles. The average molecular weight is 406 g/mol. The SMILES string of the molecule is O=C([O-])[C@H](Oc1ccc2cc(-c3ccc(Cl)cc3)c(=O)oc2c1)c1ccccc1. The predicted molar refractivity (Wildman–Crippen MR) is 108 cm³/mol. The summed E-state index contributed by atoms with van der Waals surface area (Å²) in [5.74, 6) is -1.12. The lowest BCUT2D eigenvalue weighted by Gasteiger charge is -2.20. The Bertz CT molecular complexity index is 1230. The Morgan fingerprint density at radius 3 is 2.38 bits per heavy atom. The number of benzene rings is 3. The molecular formula is C23H14ClO5-. The first kappa shape index (κ1) is 18.8.